The van der Waals surface area contributed by atoms with Crippen LogP contribution in [0.2, 0.25) is 0 Å². The Balaban J connectivity index is 1.61. The molecule has 4 heteroatoms. The molecule has 184 valence electrons. The normalized spacial score (nSPS) is 56.0. The van der Waals surface area contributed by atoms with Crippen molar-refractivity contribution in [1.29, 1.82) is 0 Å². The number of hydrogen-bond donors (Lipinski definition) is 2. The van der Waals surface area contributed by atoms with Crippen LogP contribution in [0.15, 0.2) is 11.6 Å². The average Bonchev–Trinajstić information content (AvgIpc) is 2.74. The van der Waals surface area contributed by atoms with Gasteiger partial charge in [0.05, 0.1) is 11.5 Å². The number of aliphatic hydroxyl groups is 1. The molecule has 4 nitrogen and oxygen atoms in total. The topological polar surface area (TPSA) is 74.6 Å². The molecule has 5 aliphatic rings. The van der Waals surface area contributed by atoms with Crippen LogP contribution in [0.1, 0.15) is 99.3 Å². The summed E-state index contributed by atoms with van der Waals surface area (Å²) >= 11 is 0. The molecule has 0 aromatic carbocycles. The van der Waals surface area contributed by atoms with Gasteiger partial charge >= 0.3 is 5.97 Å². The summed E-state index contributed by atoms with van der Waals surface area (Å²) in [5, 5.41) is 20.6. The van der Waals surface area contributed by atoms with Crippen molar-refractivity contribution in [2.75, 3.05) is 0 Å². The van der Waals surface area contributed by atoms with E-state index < -0.39 is 11.4 Å². The summed E-state index contributed by atoms with van der Waals surface area (Å²) in [5.74, 6) is 0.389. The lowest BCUT2D eigenvalue weighted by atomic mass is 9.34. The highest BCUT2D eigenvalue weighted by Crippen LogP contribution is 2.74. The molecule has 0 aromatic rings. The quantitative estimate of drug-likeness (QED) is 0.506. The van der Waals surface area contributed by atoms with E-state index in [0.717, 1.165) is 51.4 Å². The Labute approximate surface area is 199 Å². The van der Waals surface area contributed by atoms with Crippen molar-refractivity contribution >= 4 is 11.8 Å². The van der Waals surface area contributed by atoms with Crippen LogP contribution in [0.3, 0.4) is 0 Å². The Hall–Kier alpha value is -1.16. The molecule has 5 rings (SSSR count). The number of ketones is 1. The van der Waals surface area contributed by atoms with E-state index in [4.69, 9.17) is 0 Å². The molecule has 0 bridgehead atoms. The number of carbonyl (C=O) groups excluding carboxylic acids is 1. The van der Waals surface area contributed by atoms with Crippen molar-refractivity contribution in [3.63, 3.8) is 0 Å². The van der Waals surface area contributed by atoms with Gasteiger partial charge in [-0.05, 0) is 110 Å². The Morgan fingerprint density at radius 1 is 0.970 bits per heavy atom. The molecule has 2 N–H and O–H groups in total. The van der Waals surface area contributed by atoms with Crippen LogP contribution < -0.4 is 0 Å². The van der Waals surface area contributed by atoms with Crippen molar-refractivity contribution in [2.45, 2.75) is 105 Å². The molecule has 0 heterocycles. The standard InChI is InChI=1S/C29H44O4/c1-17-18-7-10-29(6)23(27(18,4)9-8-21(17)30)22(31)15-19-20-16-26(3,24(32)33)12-11-25(20,2)13-14-28(19,29)5/h15,17-18,20-21,23,30H,7-14,16H2,1-6H3,(H,32,33)/t17-,18?,20?,21?,23?,25+,26-,27-,28+,29+/m0/s1. The molecule has 0 aliphatic heterocycles. The summed E-state index contributed by atoms with van der Waals surface area (Å²) in [6, 6.07) is 0. The highest BCUT2D eigenvalue weighted by atomic mass is 16.4. The molecule has 4 fully saturated rings. The molecule has 5 aliphatic carbocycles. The van der Waals surface area contributed by atoms with Gasteiger partial charge in [-0.3, -0.25) is 9.59 Å². The molecular formula is C29H44O4. The Morgan fingerprint density at radius 2 is 1.64 bits per heavy atom. The van der Waals surface area contributed by atoms with Gasteiger partial charge in [0, 0.05) is 5.92 Å². The predicted molar refractivity (Wildman–Crippen MR) is 128 cm³/mol. The van der Waals surface area contributed by atoms with Gasteiger partial charge in [-0.2, -0.15) is 0 Å². The molecular weight excluding hydrogens is 412 g/mol. The van der Waals surface area contributed by atoms with E-state index in [1.807, 2.05) is 13.0 Å². The zero-order valence-electron chi connectivity index (χ0n) is 21.5. The van der Waals surface area contributed by atoms with E-state index in [0.29, 0.717) is 12.3 Å². The number of aliphatic carboxylic acids is 1. The molecule has 0 saturated heterocycles. The van der Waals surface area contributed by atoms with Crippen LogP contribution >= 0.6 is 0 Å². The average molecular weight is 457 g/mol. The maximum Gasteiger partial charge on any atom is 0.309 e. The van der Waals surface area contributed by atoms with Gasteiger partial charge in [-0.1, -0.05) is 40.2 Å². The van der Waals surface area contributed by atoms with Crippen molar-refractivity contribution in [3.05, 3.63) is 11.6 Å². The molecule has 10 atom stereocenters. The van der Waals surface area contributed by atoms with Gasteiger partial charge in [0.15, 0.2) is 5.78 Å². The van der Waals surface area contributed by atoms with E-state index in [9.17, 15) is 19.8 Å². The van der Waals surface area contributed by atoms with Gasteiger partial charge in [0.2, 0.25) is 0 Å². The zero-order valence-corrected chi connectivity index (χ0v) is 21.5. The Bertz CT molecular complexity index is 923. The van der Waals surface area contributed by atoms with Crippen LogP contribution in [-0.2, 0) is 9.59 Å². The van der Waals surface area contributed by atoms with Crippen LogP contribution in [0.25, 0.3) is 0 Å². The molecule has 0 radical (unpaired) electrons. The fraction of sp³-hybridized carbons (Fsp3) is 0.862. The van der Waals surface area contributed by atoms with Crippen molar-refractivity contribution in [3.8, 4) is 0 Å². The summed E-state index contributed by atoms with van der Waals surface area (Å²) in [7, 11) is 0. The van der Waals surface area contributed by atoms with E-state index in [-0.39, 0.29) is 51.3 Å². The molecule has 4 unspecified atom stereocenters. The summed E-state index contributed by atoms with van der Waals surface area (Å²) < 4.78 is 0. The third-order valence-electron chi connectivity index (χ3n) is 12.7. The van der Waals surface area contributed by atoms with Gasteiger partial charge in [0.25, 0.3) is 0 Å². The second-order valence-corrected chi connectivity index (χ2v) is 14.1. The van der Waals surface area contributed by atoms with E-state index in [1.165, 1.54) is 5.57 Å². The zero-order chi connectivity index (χ0) is 24.2. The lowest BCUT2D eigenvalue weighted by Gasteiger charge is -2.69. The first-order valence-corrected chi connectivity index (χ1v) is 13.4. The summed E-state index contributed by atoms with van der Waals surface area (Å²) in [6.07, 6.45) is 10.1. The summed E-state index contributed by atoms with van der Waals surface area (Å²) in [6.45, 7) is 13.6. The molecule has 33 heavy (non-hydrogen) atoms. The summed E-state index contributed by atoms with van der Waals surface area (Å²) in [5.41, 5.74) is 0.408. The number of aliphatic hydroxyl groups excluding tert-OH is 1. The second-order valence-electron chi connectivity index (χ2n) is 14.1. The lowest BCUT2D eigenvalue weighted by Crippen LogP contribution is -2.65. The fourth-order valence-corrected chi connectivity index (χ4v) is 9.98. The summed E-state index contributed by atoms with van der Waals surface area (Å²) in [4.78, 5) is 26.3. The minimum absolute atomic E-state index is 0.00810. The first-order chi connectivity index (χ1) is 15.2. The highest BCUT2D eigenvalue weighted by Gasteiger charge is 2.69. The van der Waals surface area contributed by atoms with Crippen LogP contribution in [-0.4, -0.2) is 28.1 Å². The Morgan fingerprint density at radius 3 is 2.30 bits per heavy atom. The van der Waals surface area contributed by atoms with Gasteiger partial charge in [-0.25, -0.2) is 0 Å². The minimum Gasteiger partial charge on any atom is -0.481 e. The number of fused-ring (bicyclic) bond motifs is 7. The largest absolute Gasteiger partial charge is 0.481 e. The van der Waals surface area contributed by atoms with E-state index in [2.05, 4.69) is 34.6 Å². The SMILES string of the molecule is C[C@@H]1C(O)CC[C@@]2(C)C1CC[C@]1(C)C2C(=O)C=C2C3C[C@@](C)(C(=O)O)CC[C@]3(C)CC[C@]21C. The Kier molecular flexibility index (Phi) is 4.97. The smallest absolute Gasteiger partial charge is 0.309 e. The molecule has 0 aromatic heterocycles. The number of carboxylic acids is 1. The number of allylic oxidation sites excluding steroid dienone is 2. The van der Waals surface area contributed by atoms with Gasteiger partial charge in [0.1, 0.15) is 0 Å². The van der Waals surface area contributed by atoms with Gasteiger partial charge < -0.3 is 10.2 Å². The third kappa shape index (κ3) is 2.85. The monoisotopic (exact) mass is 456 g/mol. The van der Waals surface area contributed by atoms with Crippen LogP contribution in [0, 0.1) is 50.7 Å². The fourth-order valence-electron chi connectivity index (χ4n) is 9.98. The van der Waals surface area contributed by atoms with E-state index in [1.54, 1.807) is 0 Å². The van der Waals surface area contributed by atoms with Crippen LogP contribution in [0.5, 0.6) is 0 Å². The van der Waals surface area contributed by atoms with Crippen molar-refractivity contribution in [1.82, 2.24) is 0 Å². The molecule has 0 amide bonds. The highest BCUT2D eigenvalue weighted by molar-refractivity contribution is 5.95. The maximum atomic E-state index is 14.1. The first kappa shape index (κ1) is 23.6. The number of rotatable bonds is 1. The molecule has 0 spiro atoms. The first-order valence-electron chi connectivity index (χ1n) is 13.4. The predicted octanol–water partition coefficient (Wildman–Crippen LogP) is 6.02. The van der Waals surface area contributed by atoms with E-state index >= 15 is 0 Å². The van der Waals surface area contributed by atoms with Crippen molar-refractivity contribution < 1.29 is 19.8 Å². The minimum atomic E-state index is -0.706. The third-order valence-corrected chi connectivity index (χ3v) is 12.7. The second kappa shape index (κ2) is 6.95. The number of hydrogen-bond acceptors (Lipinski definition) is 3. The molecule has 4 saturated carbocycles. The lowest BCUT2D eigenvalue weighted by molar-refractivity contribution is -0.185. The van der Waals surface area contributed by atoms with Crippen LogP contribution in [0.4, 0.5) is 0 Å². The van der Waals surface area contributed by atoms with Gasteiger partial charge in [-0.15, -0.1) is 0 Å². The van der Waals surface area contributed by atoms with Crippen molar-refractivity contribution in [2.24, 2.45) is 50.7 Å². The number of carbonyl (C=O) groups is 2. The maximum absolute atomic E-state index is 14.1. The number of carboxylic acid groups (broad SMARTS) is 1.